The zero-order chi connectivity index (χ0) is 25.1. The molecule has 0 N–H and O–H groups in total. The summed E-state index contributed by atoms with van der Waals surface area (Å²) < 4.78 is 12.2. The minimum Gasteiger partial charge on any atom is -0.367 e. The Balaban J connectivity index is 1.26. The molecule has 2 aliphatic heterocycles. The summed E-state index contributed by atoms with van der Waals surface area (Å²) in [4.78, 5) is 30.3. The van der Waals surface area contributed by atoms with Gasteiger partial charge in [-0.1, -0.05) is 60.7 Å². The molecular weight excluding hydrogens is 452 g/mol. The van der Waals surface area contributed by atoms with Gasteiger partial charge in [0.15, 0.2) is 0 Å². The highest BCUT2D eigenvalue weighted by Crippen LogP contribution is 2.28. The fourth-order valence-electron chi connectivity index (χ4n) is 5.06. The van der Waals surface area contributed by atoms with E-state index in [1.165, 1.54) is 0 Å². The molecule has 0 aliphatic carbocycles. The highest BCUT2D eigenvalue weighted by Gasteiger charge is 2.31. The van der Waals surface area contributed by atoms with E-state index < -0.39 is 0 Å². The zero-order valence-electron chi connectivity index (χ0n) is 20.7. The number of nitrogens with zero attached hydrogens (tertiary/aromatic N) is 2. The van der Waals surface area contributed by atoms with Gasteiger partial charge in [-0.05, 0) is 49.2 Å². The summed E-state index contributed by atoms with van der Waals surface area (Å²) in [6.07, 6.45) is -0.425. The lowest BCUT2D eigenvalue weighted by Gasteiger charge is -2.37. The van der Waals surface area contributed by atoms with Gasteiger partial charge >= 0.3 is 0 Å². The van der Waals surface area contributed by atoms with Crippen LogP contribution in [-0.2, 0) is 9.47 Å². The third-order valence-corrected chi connectivity index (χ3v) is 6.82. The van der Waals surface area contributed by atoms with Crippen LogP contribution >= 0.6 is 0 Å². The van der Waals surface area contributed by atoms with Crippen molar-refractivity contribution >= 4 is 11.8 Å². The number of rotatable bonds is 4. The standard InChI is InChI=1S/C30H32N2O4/c1-21-17-31(19-27(35-21)23-9-5-3-6-10-23)29(33)25-13-15-26(16-14-25)30(34)32-18-22(2)36-28(20-32)24-11-7-4-8-12-24/h3-16,21-22,27-28H,17-20H2,1-2H3. The van der Waals surface area contributed by atoms with Crippen LogP contribution in [0.5, 0.6) is 0 Å². The number of carbonyl (C=O) groups is 2. The second-order valence-corrected chi connectivity index (χ2v) is 9.69. The van der Waals surface area contributed by atoms with Crippen LogP contribution < -0.4 is 0 Å². The Labute approximate surface area is 212 Å². The summed E-state index contributed by atoms with van der Waals surface area (Å²) >= 11 is 0. The molecule has 0 spiro atoms. The molecule has 0 radical (unpaired) electrons. The molecule has 4 unspecified atom stereocenters. The van der Waals surface area contributed by atoms with Gasteiger partial charge in [0.1, 0.15) is 12.2 Å². The van der Waals surface area contributed by atoms with Crippen LogP contribution in [0.3, 0.4) is 0 Å². The first-order chi connectivity index (χ1) is 17.5. The van der Waals surface area contributed by atoms with Gasteiger partial charge in [-0.25, -0.2) is 0 Å². The summed E-state index contributed by atoms with van der Waals surface area (Å²) in [6, 6.07) is 27.0. The van der Waals surface area contributed by atoms with Crippen LogP contribution in [0.2, 0.25) is 0 Å². The van der Waals surface area contributed by atoms with Gasteiger partial charge in [0.05, 0.1) is 25.3 Å². The van der Waals surface area contributed by atoms with Crippen LogP contribution in [0.4, 0.5) is 0 Å². The Kier molecular flexibility index (Phi) is 7.16. The summed E-state index contributed by atoms with van der Waals surface area (Å²) in [5.74, 6) is -0.0940. The first-order valence-electron chi connectivity index (χ1n) is 12.6. The lowest BCUT2D eigenvalue weighted by atomic mass is 10.0. The topological polar surface area (TPSA) is 59.1 Å². The van der Waals surface area contributed by atoms with Gasteiger partial charge in [0.2, 0.25) is 0 Å². The molecule has 2 saturated heterocycles. The predicted molar refractivity (Wildman–Crippen MR) is 138 cm³/mol. The third-order valence-electron chi connectivity index (χ3n) is 6.82. The molecule has 3 aromatic rings. The number of ether oxygens (including phenoxy) is 2. The van der Waals surface area contributed by atoms with Crippen LogP contribution in [0.1, 0.15) is 57.9 Å². The molecule has 2 amide bonds. The largest absolute Gasteiger partial charge is 0.367 e. The van der Waals surface area contributed by atoms with Crippen molar-refractivity contribution < 1.29 is 19.1 Å². The van der Waals surface area contributed by atoms with Crippen LogP contribution in [-0.4, -0.2) is 60.0 Å². The summed E-state index contributed by atoms with van der Waals surface area (Å²) in [6.45, 7) is 6.05. The van der Waals surface area contributed by atoms with E-state index in [2.05, 4.69) is 0 Å². The van der Waals surface area contributed by atoms with Gasteiger partial charge in [0.25, 0.3) is 11.8 Å². The lowest BCUT2D eigenvalue weighted by molar-refractivity contribution is -0.0692. The maximum absolute atomic E-state index is 13.3. The molecule has 36 heavy (non-hydrogen) atoms. The van der Waals surface area contributed by atoms with Crippen molar-refractivity contribution in [2.45, 2.75) is 38.3 Å². The molecule has 2 fully saturated rings. The lowest BCUT2D eigenvalue weighted by Crippen LogP contribution is -2.46. The highest BCUT2D eigenvalue weighted by molar-refractivity contribution is 5.98. The minimum atomic E-state index is -0.152. The number of morpholine rings is 2. The number of benzene rings is 3. The van der Waals surface area contributed by atoms with E-state index in [1.807, 2.05) is 84.3 Å². The van der Waals surface area contributed by atoms with Crippen molar-refractivity contribution in [1.82, 2.24) is 9.80 Å². The Morgan fingerprint density at radius 2 is 0.944 bits per heavy atom. The van der Waals surface area contributed by atoms with Crippen LogP contribution in [0.15, 0.2) is 84.9 Å². The quantitative estimate of drug-likeness (QED) is 0.529. The first-order valence-corrected chi connectivity index (χ1v) is 12.6. The number of hydrogen-bond donors (Lipinski definition) is 0. The van der Waals surface area contributed by atoms with E-state index in [1.54, 1.807) is 24.3 Å². The van der Waals surface area contributed by atoms with Gasteiger partial charge in [-0.15, -0.1) is 0 Å². The SMILES string of the molecule is CC1CN(C(=O)c2ccc(C(=O)N3CC(C)OC(c4ccccc4)C3)cc2)CC(c2ccccc2)O1. The van der Waals surface area contributed by atoms with E-state index in [-0.39, 0.29) is 36.2 Å². The third kappa shape index (κ3) is 5.35. The number of amides is 2. The molecule has 0 saturated carbocycles. The fraction of sp³-hybridized carbons (Fsp3) is 0.333. The second-order valence-electron chi connectivity index (χ2n) is 9.69. The Morgan fingerprint density at radius 1 is 0.583 bits per heavy atom. The molecule has 6 heteroatoms. The van der Waals surface area contributed by atoms with E-state index in [0.29, 0.717) is 37.3 Å². The Morgan fingerprint density at radius 3 is 1.31 bits per heavy atom. The van der Waals surface area contributed by atoms with Gasteiger partial charge in [-0.2, -0.15) is 0 Å². The van der Waals surface area contributed by atoms with Crippen LogP contribution in [0.25, 0.3) is 0 Å². The highest BCUT2D eigenvalue weighted by atomic mass is 16.5. The van der Waals surface area contributed by atoms with Gasteiger partial charge in [0, 0.05) is 24.2 Å². The Hall–Kier alpha value is -3.48. The van der Waals surface area contributed by atoms with Crippen molar-refractivity contribution in [3.63, 3.8) is 0 Å². The van der Waals surface area contributed by atoms with Crippen molar-refractivity contribution in [2.75, 3.05) is 26.2 Å². The van der Waals surface area contributed by atoms with E-state index in [4.69, 9.17) is 9.47 Å². The maximum atomic E-state index is 13.3. The smallest absolute Gasteiger partial charge is 0.254 e. The molecule has 0 aromatic heterocycles. The predicted octanol–water partition coefficient (Wildman–Crippen LogP) is 4.89. The van der Waals surface area contributed by atoms with Gasteiger partial charge < -0.3 is 19.3 Å². The average molecular weight is 485 g/mol. The zero-order valence-corrected chi connectivity index (χ0v) is 20.7. The van der Waals surface area contributed by atoms with E-state index >= 15 is 0 Å². The van der Waals surface area contributed by atoms with Gasteiger partial charge in [-0.3, -0.25) is 9.59 Å². The van der Waals surface area contributed by atoms with Crippen LogP contribution in [0, 0.1) is 0 Å². The normalized spacial score (nSPS) is 24.4. The minimum absolute atomic E-state index is 0.0470. The average Bonchev–Trinajstić information content (AvgIpc) is 2.92. The second kappa shape index (κ2) is 10.6. The molecule has 2 aliphatic rings. The molecular formula is C30H32N2O4. The number of carbonyl (C=O) groups excluding carboxylic acids is 2. The maximum Gasteiger partial charge on any atom is 0.254 e. The van der Waals surface area contributed by atoms with Crippen molar-refractivity contribution in [1.29, 1.82) is 0 Å². The van der Waals surface area contributed by atoms with Crippen molar-refractivity contribution in [3.8, 4) is 0 Å². The molecule has 4 atom stereocenters. The molecule has 186 valence electrons. The molecule has 5 rings (SSSR count). The first kappa shape index (κ1) is 24.2. The molecule has 6 nitrogen and oxygen atoms in total. The van der Waals surface area contributed by atoms with Crippen molar-refractivity contribution in [2.24, 2.45) is 0 Å². The summed E-state index contributed by atoms with van der Waals surface area (Å²) in [7, 11) is 0. The van der Waals surface area contributed by atoms with Crippen molar-refractivity contribution in [3.05, 3.63) is 107 Å². The van der Waals surface area contributed by atoms with E-state index in [9.17, 15) is 9.59 Å². The molecule has 0 bridgehead atoms. The molecule has 3 aromatic carbocycles. The Bertz CT molecular complexity index is 1090. The number of hydrogen-bond acceptors (Lipinski definition) is 4. The van der Waals surface area contributed by atoms with E-state index in [0.717, 1.165) is 11.1 Å². The molecule has 2 heterocycles. The summed E-state index contributed by atoms with van der Waals surface area (Å²) in [5, 5.41) is 0. The fourth-order valence-corrected chi connectivity index (χ4v) is 5.06. The summed E-state index contributed by atoms with van der Waals surface area (Å²) in [5.41, 5.74) is 3.28. The monoisotopic (exact) mass is 484 g/mol.